The van der Waals surface area contributed by atoms with Gasteiger partial charge in [0, 0.05) is 30.8 Å². The van der Waals surface area contributed by atoms with E-state index < -0.39 is 39.3 Å². The van der Waals surface area contributed by atoms with E-state index in [0.29, 0.717) is 17.9 Å². The summed E-state index contributed by atoms with van der Waals surface area (Å²) in [5.74, 6) is 0.238. The molecule has 0 fully saturated rings. The fraction of sp³-hybridized carbons (Fsp3) is 0.261. The van der Waals surface area contributed by atoms with E-state index in [1.54, 1.807) is 19.1 Å². The van der Waals surface area contributed by atoms with E-state index in [1.165, 1.54) is 46.6 Å². The predicted molar refractivity (Wildman–Crippen MR) is 127 cm³/mol. The smallest absolute Gasteiger partial charge is 0.328 e. The van der Waals surface area contributed by atoms with E-state index in [-0.39, 0.29) is 17.7 Å². The zero-order valence-corrected chi connectivity index (χ0v) is 19.7. The zero-order chi connectivity index (χ0) is 25.4. The number of H-pyrrole nitrogens is 1. The fourth-order valence-corrected chi connectivity index (χ4v) is 4.81. The van der Waals surface area contributed by atoms with Crippen molar-refractivity contribution in [3.8, 4) is 11.5 Å². The Morgan fingerprint density at radius 3 is 2.31 bits per heavy atom. The Balaban J connectivity index is 1.80. The van der Waals surface area contributed by atoms with Crippen LogP contribution in [-0.4, -0.2) is 35.1 Å². The normalized spacial score (nSPS) is 13.1. The van der Waals surface area contributed by atoms with E-state index >= 15 is 0 Å². The molecule has 12 heteroatoms. The number of hydroxylamine groups is 1. The summed E-state index contributed by atoms with van der Waals surface area (Å²) in [6.07, 6.45) is 1.40. The minimum Gasteiger partial charge on any atom is -0.457 e. The average molecular weight is 503 g/mol. The first-order valence-corrected chi connectivity index (χ1v) is 12.3. The Morgan fingerprint density at radius 2 is 1.71 bits per heavy atom. The predicted octanol–water partition coefficient (Wildman–Crippen LogP) is 1.91. The molecule has 0 aliphatic carbocycles. The molecule has 0 bridgehead atoms. The highest BCUT2D eigenvalue weighted by Crippen LogP contribution is 2.24. The first-order valence-electron chi connectivity index (χ1n) is 10.8. The van der Waals surface area contributed by atoms with Gasteiger partial charge < -0.3 is 4.74 Å². The highest BCUT2D eigenvalue weighted by Gasteiger charge is 2.26. The molecule has 0 saturated carbocycles. The lowest BCUT2D eigenvalue weighted by Gasteiger charge is -2.24. The van der Waals surface area contributed by atoms with Crippen LogP contribution < -0.4 is 26.2 Å². The van der Waals surface area contributed by atoms with Gasteiger partial charge in [-0.2, -0.15) is 0 Å². The third kappa shape index (κ3) is 7.12. The summed E-state index contributed by atoms with van der Waals surface area (Å²) >= 11 is 0. The Morgan fingerprint density at radius 1 is 1.06 bits per heavy atom. The first-order chi connectivity index (χ1) is 16.7. The lowest BCUT2D eigenvalue weighted by atomic mass is 10.0. The molecule has 2 atom stereocenters. The minimum absolute atomic E-state index is 0.0459. The van der Waals surface area contributed by atoms with Crippen LogP contribution in [0.25, 0.3) is 0 Å². The number of ether oxygens (including phenoxy) is 1. The number of carbonyl (C=O) groups excluding carboxylic acids is 1. The molecule has 1 amide bonds. The van der Waals surface area contributed by atoms with Gasteiger partial charge >= 0.3 is 5.69 Å². The summed E-state index contributed by atoms with van der Waals surface area (Å²) in [6, 6.07) is 14.4. The molecule has 2 aromatic carbocycles. The lowest BCUT2D eigenvalue weighted by Crippen LogP contribution is -2.41. The van der Waals surface area contributed by atoms with Gasteiger partial charge in [-0.15, -0.1) is 0 Å². The van der Waals surface area contributed by atoms with Crippen molar-refractivity contribution < 1.29 is 23.2 Å². The molecule has 0 saturated heterocycles. The minimum atomic E-state index is -4.07. The number of para-hydroxylation sites is 1. The molecule has 0 radical (unpaired) electrons. The van der Waals surface area contributed by atoms with E-state index in [0.717, 1.165) is 0 Å². The van der Waals surface area contributed by atoms with Crippen molar-refractivity contribution in [2.45, 2.75) is 43.2 Å². The van der Waals surface area contributed by atoms with Gasteiger partial charge in [0.15, 0.2) is 0 Å². The Hall–Kier alpha value is -3.74. The number of hydrogen-bond donors (Lipinski definition) is 4. The Bertz CT molecular complexity index is 1350. The van der Waals surface area contributed by atoms with Crippen LogP contribution in [0.5, 0.6) is 11.5 Å². The largest absolute Gasteiger partial charge is 0.457 e. The summed E-state index contributed by atoms with van der Waals surface area (Å²) in [7, 11) is -4.07. The van der Waals surface area contributed by atoms with Gasteiger partial charge in [-0.25, -0.2) is 23.4 Å². The number of carbonyl (C=O) groups is 1. The topological polar surface area (TPSA) is 160 Å². The van der Waals surface area contributed by atoms with Crippen molar-refractivity contribution in [3.05, 3.63) is 87.7 Å². The summed E-state index contributed by atoms with van der Waals surface area (Å²) in [5.41, 5.74) is 0.291. The maximum atomic E-state index is 13.0. The SMILES string of the molecule is CCC(CC(CC(=O)NO)NS(=O)(=O)c1ccc(Oc2ccccc2)cc1)n1ccc(=O)[nH]c1=O. The summed E-state index contributed by atoms with van der Waals surface area (Å²) in [4.78, 5) is 37.5. The molecular weight excluding hydrogens is 476 g/mol. The van der Waals surface area contributed by atoms with Crippen LogP contribution in [0, 0.1) is 0 Å². The van der Waals surface area contributed by atoms with Gasteiger partial charge in [0.05, 0.1) is 4.90 Å². The number of aromatic nitrogens is 2. The van der Waals surface area contributed by atoms with Crippen LogP contribution in [0.1, 0.15) is 32.2 Å². The second-order valence-corrected chi connectivity index (χ2v) is 9.47. The van der Waals surface area contributed by atoms with E-state index in [4.69, 9.17) is 9.94 Å². The summed E-state index contributed by atoms with van der Waals surface area (Å²) in [5, 5.41) is 8.95. The number of rotatable bonds is 11. The highest BCUT2D eigenvalue weighted by molar-refractivity contribution is 7.89. The number of hydrogen-bond acceptors (Lipinski definition) is 7. The van der Waals surface area contributed by atoms with Gasteiger partial charge in [-0.1, -0.05) is 25.1 Å². The number of benzene rings is 2. The summed E-state index contributed by atoms with van der Waals surface area (Å²) < 4.78 is 35.5. The second kappa shape index (κ2) is 11.6. The monoisotopic (exact) mass is 502 g/mol. The second-order valence-electron chi connectivity index (χ2n) is 7.76. The lowest BCUT2D eigenvalue weighted by molar-refractivity contribution is -0.129. The molecule has 4 N–H and O–H groups in total. The van der Waals surface area contributed by atoms with E-state index in [2.05, 4.69) is 9.71 Å². The van der Waals surface area contributed by atoms with Crippen LogP contribution in [0.4, 0.5) is 0 Å². The van der Waals surface area contributed by atoms with E-state index in [1.807, 2.05) is 18.2 Å². The molecule has 2 unspecified atom stereocenters. The molecule has 1 heterocycles. The number of sulfonamides is 1. The molecule has 0 spiro atoms. The molecule has 3 rings (SSSR count). The Labute approximate surface area is 201 Å². The van der Waals surface area contributed by atoms with Crippen molar-refractivity contribution in [2.24, 2.45) is 0 Å². The quantitative estimate of drug-likeness (QED) is 0.230. The molecule has 0 aliphatic rings. The average Bonchev–Trinajstić information content (AvgIpc) is 2.83. The van der Waals surface area contributed by atoms with Gasteiger partial charge in [0.1, 0.15) is 11.5 Å². The van der Waals surface area contributed by atoms with Crippen LogP contribution >= 0.6 is 0 Å². The van der Waals surface area contributed by atoms with Gasteiger partial charge in [0.25, 0.3) is 5.56 Å². The summed E-state index contributed by atoms with van der Waals surface area (Å²) in [6.45, 7) is 1.78. The van der Waals surface area contributed by atoms with Gasteiger partial charge in [-0.05, 0) is 49.2 Å². The highest BCUT2D eigenvalue weighted by atomic mass is 32.2. The van der Waals surface area contributed by atoms with Crippen LogP contribution in [0.15, 0.2) is 81.3 Å². The van der Waals surface area contributed by atoms with Crippen LogP contribution in [0.3, 0.4) is 0 Å². The van der Waals surface area contributed by atoms with Gasteiger partial charge in [0.2, 0.25) is 15.9 Å². The maximum absolute atomic E-state index is 13.0. The third-order valence-electron chi connectivity index (χ3n) is 5.26. The molecule has 11 nitrogen and oxygen atoms in total. The standard InChI is InChI=1S/C23H26N4O7S/c1-2-17(27-13-12-21(28)24-23(27)30)14-16(15-22(29)25-31)26-35(32,33)20-10-8-19(9-11-20)34-18-6-4-3-5-7-18/h3-13,16-17,26,31H,2,14-15H2,1H3,(H,25,29)(H,24,28,30). The Kier molecular flexibility index (Phi) is 8.58. The van der Waals surface area contributed by atoms with Crippen molar-refractivity contribution in [3.63, 3.8) is 0 Å². The van der Waals surface area contributed by atoms with E-state index in [9.17, 15) is 22.8 Å². The molecule has 0 aliphatic heterocycles. The fourth-order valence-electron chi connectivity index (χ4n) is 3.56. The molecule has 35 heavy (non-hydrogen) atoms. The number of nitrogens with zero attached hydrogens (tertiary/aromatic N) is 1. The van der Waals surface area contributed by atoms with Crippen molar-refractivity contribution >= 4 is 15.9 Å². The number of aromatic amines is 1. The van der Waals surface area contributed by atoms with Crippen molar-refractivity contribution in [1.29, 1.82) is 0 Å². The molecule has 3 aromatic rings. The molecule has 186 valence electrons. The number of nitrogens with one attached hydrogen (secondary N) is 3. The zero-order valence-electron chi connectivity index (χ0n) is 18.9. The molecule has 1 aromatic heterocycles. The van der Waals surface area contributed by atoms with Crippen LogP contribution in [-0.2, 0) is 14.8 Å². The van der Waals surface area contributed by atoms with Crippen molar-refractivity contribution in [2.75, 3.05) is 0 Å². The molecular formula is C23H26N4O7S. The van der Waals surface area contributed by atoms with Gasteiger partial charge in [-0.3, -0.25) is 24.3 Å². The third-order valence-corrected chi connectivity index (χ3v) is 6.80. The van der Waals surface area contributed by atoms with Crippen molar-refractivity contribution in [1.82, 2.24) is 19.8 Å². The maximum Gasteiger partial charge on any atom is 0.328 e. The van der Waals surface area contributed by atoms with Crippen LogP contribution in [0.2, 0.25) is 0 Å². The first kappa shape index (κ1) is 25.9. The number of amides is 1.